The van der Waals surface area contributed by atoms with Crippen molar-refractivity contribution in [3.8, 4) is 0 Å². The molecule has 1 aliphatic carbocycles. The maximum absolute atomic E-state index is 5.84. The molecule has 1 aliphatic heterocycles. The van der Waals surface area contributed by atoms with Gasteiger partial charge in [0, 0.05) is 25.7 Å². The Morgan fingerprint density at radius 2 is 1.79 bits per heavy atom. The first kappa shape index (κ1) is 15.3. The van der Waals surface area contributed by atoms with E-state index in [1.807, 2.05) is 0 Å². The third-order valence-corrected chi connectivity index (χ3v) is 4.65. The van der Waals surface area contributed by atoms with Crippen molar-refractivity contribution in [2.45, 2.75) is 59.1 Å². The summed E-state index contributed by atoms with van der Waals surface area (Å²) in [5.41, 5.74) is 0.929. The lowest BCUT2D eigenvalue weighted by atomic mass is 9.63. The lowest BCUT2D eigenvalue weighted by Gasteiger charge is -2.48. The second-order valence-electron chi connectivity index (χ2n) is 8.20. The Hall–Kier alpha value is -0.120. The minimum atomic E-state index is 0.368. The summed E-state index contributed by atoms with van der Waals surface area (Å²) < 4.78 is 5.84. The molecular weight excluding hydrogens is 236 g/mol. The lowest BCUT2D eigenvalue weighted by Crippen LogP contribution is -2.50. The summed E-state index contributed by atoms with van der Waals surface area (Å²) in [6.07, 6.45) is 4.33. The number of nitrogens with one attached hydrogen (secondary N) is 1. The Bertz CT molecular complexity index is 279. The highest BCUT2D eigenvalue weighted by atomic mass is 16.5. The normalized spacial score (nSPS) is 31.6. The predicted molar refractivity (Wildman–Crippen MR) is 80.4 cm³/mol. The predicted octanol–water partition coefficient (Wildman–Crippen LogP) is 2.51. The second-order valence-corrected chi connectivity index (χ2v) is 8.20. The van der Waals surface area contributed by atoms with Gasteiger partial charge in [-0.05, 0) is 37.1 Å². The molecule has 0 aromatic carbocycles. The number of rotatable bonds is 3. The molecule has 2 rings (SSSR count). The molecule has 2 fully saturated rings. The van der Waals surface area contributed by atoms with Crippen molar-refractivity contribution in [3.05, 3.63) is 0 Å². The van der Waals surface area contributed by atoms with Gasteiger partial charge in [0.05, 0.1) is 12.7 Å². The first-order chi connectivity index (χ1) is 8.77. The third kappa shape index (κ3) is 4.44. The van der Waals surface area contributed by atoms with E-state index in [1.54, 1.807) is 0 Å². The minimum absolute atomic E-state index is 0.368. The van der Waals surface area contributed by atoms with Crippen molar-refractivity contribution in [1.82, 2.24) is 10.2 Å². The molecule has 1 atom stereocenters. The summed E-state index contributed by atoms with van der Waals surface area (Å²) in [5.74, 6) is 0. The molecule has 1 N–H and O–H groups in total. The van der Waals surface area contributed by atoms with E-state index in [2.05, 4.69) is 45.0 Å². The van der Waals surface area contributed by atoms with Gasteiger partial charge >= 0.3 is 0 Å². The van der Waals surface area contributed by atoms with Gasteiger partial charge in [0.25, 0.3) is 0 Å². The lowest BCUT2D eigenvalue weighted by molar-refractivity contribution is -0.0208. The Morgan fingerprint density at radius 3 is 2.32 bits per heavy atom. The average Bonchev–Trinajstić information content (AvgIpc) is 2.26. The van der Waals surface area contributed by atoms with E-state index < -0.39 is 0 Å². The van der Waals surface area contributed by atoms with Crippen LogP contribution in [0.25, 0.3) is 0 Å². The molecular formula is C16H32N2O. The van der Waals surface area contributed by atoms with Crippen molar-refractivity contribution >= 4 is 0 Å². The van der Waals surface area contributed by atoms with Gasteiger partial charge in [0.1, 0.15) is 0 Å². The summed E-state index contributed by atoms with van der Waals surface area (Å²) in [5, 5.41) is 3.42. The largest absolute Gasteiger partial charge is 0.374 e. The van der Waals surface area contributed by atoms with Crippen LogP contribution in [0.3, 0.4) is 0 Å². The van der Waals surface area contributed by atoms with Gasteiger partial charge in [0.2, 0.25) is 0 Å². The number of hydrogen-bond donors (Lipinski definition) is 1. The van der Waals surface area contributed by atoms with Crippen LogP contribution < -0.4 is 5.32 Å². The van der Waals surface area contributed by atoms with Crippen LogP contribution in [0.5, 0.6) is 0 Å². The zero-order valence-corrected chi connectivity index (χ0v) is 13.5. The summed E-state index contributed by atoms with van der Waals surface area (Å²) >= 11 is 0. The number of hydrogen-bond acceptors (Lipinski definition) is 3. The van der Waals surface area contributed by atoms with Crippen LogP contribution >= 0.6 is 0 Å². The van der Waals surface area contributed by atoms with Gasteiger partial charge in [-0.25, -0.2) is 0 Å². The molecule has 0 bridgehead atoms. The van der Waals surface area contributed by atoms with Gasteiger partial charge in [-0.3, -0.25) is 0 Å². The summed E-state index contributed by atoms with van der Waals surface area (Å²) in [6.45, 7) is 13.6. The smallest absolute Gasteiger partial charge is 0.0826 e. The molecule has 0 amide bonds. The summed E-state index contributed by atoms with van der Waals surface area (Å²) in [4.78, 5) is 2.54. The van der Waals surface area contributed by atoms with Gasteiger partial charge in [-0.2, -0.15) is 0 Å². The van der Waals surface area contributed by atoms with E-state index in [4.69, 9.17) is 4.74 Å². The molecule has 1 heterocycles. The second kappa shape index (κ2) is 5.71. The maximum atomic E-state index is 5.84. The highest BCUT2D eigenvalue weighted by molar-refractivity contribution is 4.93. The first-order valence-corrected chi connectivity index (χ1v) is 7.80. The monoisotopic (exact) mass is 268 g/mol. The van der Waals surface area contributed by atoms with Crippen molar-refractivity contribution in [2.24, 2.45) is 10.8 Å². The van der Waals surface area contributed by atoms with Crippen LogP contribution in [0, 0.1) is 10.8 Å². The van der Waals surface area contributed by atoms with E-state index in [0.717, 1.165) is 26.2 Å². The van der Waals surface area contributed by atoms with Crippen molar-refractivity contribution < 1.29 is 4.74 Å². The van der Waals surface area contributed by atoms with E-state index in [-0.39, 0.29) is 0 Å². The molecule has 112 valence electrons. The average molecular weight is 268 g/mol. The van der Waals surface area contributed by atoms with E-state index in [0.29, 0.717) is 23.0 Å². The molecule has 1 unspecified atom stereocenters. The van der Waals surface area contributed by atoms with Crippen LogP contribution in [0.2, 0.25) is 0 Å². The summed E-state index contributed by atoms with van der Waals surface area (Å²) in [7, 11) is 2.28. The Morgan fingerprint density at radius 1 is 1.16 bits per heavy atom. The first-order valence-electron chi connectivity index (χ1n) is 7.80. The standard InChI is InChI=1S/C16H32N2O/c1-15(2)8-13(9-16(3,4)12-15)18(5)11-14-10-17-6-7-19-14/h13-14,17H,6-12H2,1-5H3. The fourth-order valence-corrected chi connectivity index (χ4v) is 4.31. The Labute approximate surface area is 119 Å². The van der Waals surface area contributed by atoms with E-state index in [1.165, 1.54) is 19.3 Å². The van der Waals surface area contributed by atoms with Crippen LogP contribution in [0.4, 0.5) is 0 Å². The fourth-order valence-electron chi connectivity index (χ4n) is 4.31. The van der Waals surface area contributed by atoms with E-state index >= 15 is 0 Å². The number of ether oxygens (including phenoxy) is 1. The third-order valence-electron chi connectivity index (χ3n) is 4.65. The molecule has 1 saturated heterocycles. The van der Waals surface area contributed by atoms with Crippen molar-refractivity contribution in [2.75, 3.05) is 33.3 Å². The van der Waals surface area contributed by atoms with Gasteiger partial charge in [-0.15, -0.1) is 0 Å². The van der Waals surface area contributed by atoms with Gasteiger partial charge in [0.15, 0.2) is 0 Å². The van der Waals surface area contributed by atoms with Crippen LogP contribution in [-0.2, 0) is 4.74 Å². The molecule has 1 saturated carbocycles. The highest BCUT2D eigenvalue weighted by Gasteiger charge is 2.40. The molecule has 19 heavy (non-hydrogen) atoms. The molecule has 0 aromatic rings. The van der Waals surface area contributed by atoms with Crippen molar-refractivity contribution in [3.63, 3.8) is 0 Å². The fraction of sp³-hybridized carbons (Fsp3) is 1.00. The van der Waals surface area contributed by atoms with Crippen molar-refractivity contribution in [1.29, 1.82) is 0 Å². The van der Waals surface area contributed by atoms with Crippen LogP contribution in [-0.4, -0.2) is 50.3 Å². The quantitative estimate of drug-likeness (QED) is 0.851. The topological polar surface area (TPSA) is 24.5 Å². The number of nitrogens with zero attached hydrogens (tertiary/aromatic N) is 1. The summed E-state index contributed by atoms with van der Waals surface area (Å²) in [6, 6.07) is 0.698. The SMILES string of the molecule is CN(CC1CNCCO1)C1CC(C)(C)CC(C)(C)C1. The molecule has 0 spiro atoms. The number of likely N-dealkylation sites (N-methyl/N-ethyl adjacent to an activating group) is 1. The Balaban J connectivity index is 1.92. The molecule has 0 radical (unpaired) electrons. The van der Waals surface area contributed by atoms with Gasteiger partial charge < -0.3 is 15.0 Å². The highest BCUT2D eigenvalue weighted by Crippen LogP contribution is 2.46. The maximum Gasteiger partial charge on any atom is 0.0826 e. The Kier molecular flexibility index (Phi) is 4.59. The van der Waals surface area contributed by atoms with E-state index in [9.17, 15) is 0 Å². The molecule has 3 heteroatoms. The molecule has 0 aromatic heterocycles. The van der Waals surface area contributed by atoms with Crippen LogP contribution in [0.1, 0.15) is 47.0 Å². The number of morpholine rings is 1. The molecule has 2 aliphatic rings. The zero-order valence-electron chi connectivity index (χ0n) is 13.5. The molecule has 3 nitrogen and oxygen atoms in total. The van der Waals surface area contributed by atoms with Crippen LogP contribution in [0.15, 0.2) is 0 Å². The van der Waals surface area contributed by atoms with Gasteiger partial charge in [-0.1, -0.05) is 27.7 Å². The minimum Gasteiger partial charge on any atom is -0.374 e. The zero-order chi connectivity index (χ0) is 14.1.